The highest BCUT2D eigenvalue weighted by molar-refractivity contribution is 5.35. The van der Waals surface area contributed by atoms with Crippen molar-refractivity contribution >= 4 is 0 Å². The van der Waals surface area contributed by atoms with Crippen molar-refractivity contribution < 1.29 is 13.5 Å². The van der Waals surface area contributed by atoms with E-state index in [0.29, 0.717) is 17.7 Å². The van der Waals surface area contributed by atoms with Gasteiger partial charge in [0, 0.05) is 36.9 Å². The van der Waals surface area contributed by atoms with Crippen molar-refractivity contribution in [1.29, 1.82) is 5.26 Å². The average molecular weight is 389 g/mol. The van der Waals surface area contributed by atoms with Crippen molar-refractivity contribution in [2.45, 2.75) is 69.6 Å². The predicted octanol–water partition coefficient (Wildman–Crippen LogP) is 3.94. The standard InChI is InChI=1S/C22H29F2N3O/c1-21-8-9-22(23,24)12-16(21)11-19(27-10-2-3-17(26)14-27)20(21)28-18-6-4-15(13-25)5-7-18/h4-7,16-17,19-20H,2-3,8-12,14,26H2,1H3. The summed E-state index contributed by atoms with van der Waals surface area (Å²) in [6, 6.07) is 9.46. The molecule has 4 nitrogen and oxygen atoms in total. The molecule has 28 heavy (non-hydrogen) atoms. The molecule has 6 heteroatoms. The maximum Gasteiger partial charge on any atom is 0.248 e. The smallest absolute Gasteiger partial charge is 0.248 e. The zero-order valence-electron chi connectivity index (χ0n) is 16.4. The van der Waals surface area contributed by atoms with Crippen LogP contribution in [0.4, 0.5) is 8.78 Å². The number of nitrogens with two attached hydrogens (primary N) is 1. The first-order valence-electron chi connectivity index (χ1n) is 10.3. The second-order valence-corrected chi connectivity index (χ2v) is 9.14. The van der Waals surface area contributed by atoms with E-state index in [4.69, 9.17) is 15.7 Å². The topological polar surface area (TPSA) is 62.3 Å². The molecule has 0 bridgehead atoms. The highest BCUT2D eigenvalue weighted by Crippen LogP contribution is 2.57. The van der Waals surface area contributed by atoms with Crippen LogP contribution in [0, 0.1) is 22.7 Å². The summed E-state index contributed by atoms with van der Waals surface area (Å²) < 4.78 is 34.8. The number of fused-ring (bicyclic) bond motifs is 1. The van der Waals surface area contributed by atoms with Gasteiger partial charge >= 0.3 is 0 Å². The van der Waals surface area contributed by atoms with Crippen LogP contribution in [-0.2, 0) is 0 Å². The third-order valence-electron chi connectivity index (χ3n) is 7.24. The number of nitriles is 1. The summed E-state index contributed by atoms with van der Waals surface area (Å²) in [5, 5.41) is 9.01. The lowest BCUT2D eigenvalue weighted by Gasteiger charge is -2.44. The number of rotatable bonds is 3. The zero-order chi connectivity index (χ0) is 19.9. The maximum absolute atomic E-state index is 14.2. The normalized spacial score (nSPS) is 37.8. The van der Waals surface area contributed by atoms with Crippen LogP contribution in [0.5, 0.6) is 5.75 Å². The molecular formula is C22H29F2N3O. The molecule has 2 N–H and O–H groups in total. The first-order chi connectivity index (χ1) is 13.3. The molecule has 1 aromatic rings. The lowest BCUT2D eigenvalue weighted by atomic mass is 9.67. The van der Waals surface area contributed by atoms with Crippen LogP contribution in [0.3, 0.4) is 0 Å². The number of likely N-dealkylation sites (tertiary alicyclic amines) is 1. The molecule has 2 saturated carbocycles. The van der Waals surface area contributed by atoms with Crippen LogP contribution in [-0.4, -0.2) is 42.1 Å². The summed E-state index contributed by atoms with van der Waals surface area (Å²) in [4.78, 5) is 2.38. The minimum atomic E-state index is -2.57. The van der Waals surface area contributed by atoms with E-state index in [1.165, 1.54) is 0 Å². The van der Waals surface area contributed by atoms with Gasteiger partial charge in [-0.05, 0) is 62.4 Å². The van der Waals surface area contributed by atoms with Crippen molar-refractivity contribution in [3.63, 3.8) is 0 Å². The van der Waals surface area contributed by atoms with E-state index in [-0.39, 0.29) is 42.4 Å². The minimum absolute atomic E-state index is 0.0485. The van der Waals surface area contributed by atoms with Gasteiger partial charge < -0.3 is 10.5 Å². The van der Waals surface area contributed by atoms with Gasteiger partial charge in [0.2, 0.25) is 5.92 Å². The summed E-state index contributed by atoms with van der Waals surface area (Å²) in [5.74, 6) is -1.92. The zero-order valence-corrected chi connectivity index (χ0v) is 16.4. The van der Waals surface area contributed by atoms with Gasteiger partial charge in [0.25, 0.3) is 0 Å². The van der Waals surface area contributed by atoms with Gasteiger partial charge in [0.1, 0.15) is 11.9 Å². The predicted molar refractivity (Wildman–Crippen MR) is 103 cm³/mol. The minimum Gasteiger partial charge on any atom is -0.488 e. The Hall–Kier alpha value is -1.71. The number of halogens is 2. The van der Waals surface area contributed by atoms with Crippen LogP contribution in [0.25, 0.3) is 0 Å². The van der Waals surface area contributed by atoms with Crippen molar-refractivity contribution in [3.8, 4) is 11.8 Å². The molecule has 1 saturated heterocycles. The van der Waals surface area contributed by atoms with Crippen molar-refractivity contribution in [2.24, 2.45) is 17.1 Å². The van der Waals surface area contributed by atoms with Gasteiger partial charge in [-0.15, -0.1) is 0 Å². The van der Waals surface area contributed by atoms with Gasteiger partial charge in [0.05, 0.1) is 11.6 Å². The Morgan fingerprint density at radius 1 is 1.25 bits per heavy atom. The molecular weight excluding hydrogens is 360 g/mol. The molecule has 2 aliphatic carbocycles. The summed E-state index contributed by atoms with van der Waals surface area (Å²) in [7, 11) is 0. The second-order valence-electron chi connectivity index (χ2n) is 9.14. The van der Waals surface area contributed by atoms with Crippen LogP contribution < -0.4 is 10.5 Å². The first-order valence-corrected chi connectivity index (χ1v) is 10.3. The number of alkyl halides is 2. The van der Waals surface area contributed by atoms with Crippen LogP contribution in [0.2, 0.25) is 0 Å². The molecule has 4 rings (SSSR count). The number of ether oxygens (including phenoxy) is 1. The quantitative estimate of drug-likeness (QED) is 0.850. The summed E-state index contributed by atoms with van der Waals surface area (Å²) >= 11 is 0. The van der Waals surface area contributed by atoms with Gasteiger partial charge in [-0.25, -0.2) is 8.78 Å². The van der Waals surface area contributed by atoms with Crippen molar-refractivity contribution in [1.82, 2.24) is 4.90 Å². The van der Waals surface area contributed by atoms with Crippen molar-refractivity contribution in [2.75, 3.05) is 13.1 Å². The highest BCUT2D eigenvalue weighted by atomic mass is 19.3. The van der Waals surface area contributed by atoms with E-state index in [9.17, 15) is 8.78 Å². The van der Waals surface area contributed by atoms with Crippen LogP contribution in [0.15, 0.2) is 24.3 Å². The van der Waals surface area contributed by atoms with E-state index in [2.05, 4.69) is 17.9 Å². The number of piperidine rings is 1. The van der Waals surface area contributed by atoms with Crippen molar-refractivity contribution in [3.05, 3.63) is 29.8 Å². The molecule has 0 spiro atoms. The Labute approximate surface area is 165 Å². The lowest BCUT2D eigenvalue weighted by molar-refractivity contribution is -0.105. The van der Waals surface area contributed by atoms with Crippen LogP contribution in [0.1, 0.15) is 51.0 Å². The van der Waals surface area contributed by atoms with E-state index in [0.717, 1.165) is 32.4 Å². The Kier molecular flexibility index (Phi) is 5.09. The molecule has 5 atom stereocenters. The Bertz CT molecular complexity index is 747. The Morgan fingerprint density at radius 2 is 2.00 bits per heavy atom. The third-order valence-corrected chi connectivity index (χ3v) is 7.24. The summed E-state index contributed by atoms with van der Waals surface area (Å²) in [5.41, 5.74) is 6.52. The molecule has 1 aliphatic heterocycles. The van der Waals surface area contributed by atoms with Gasteiger partial charge in [0.15, 0.2) is 0 Å². The van der Waals surface area contributed by atoms with E-state index in [1.54, 1.807) is 12.1 Å². The monoisotopic (exact) mass is 389 g/mol. The average Bonchev–Trinajstić information content (AvgIpc) is 2.94. The number of hydrogen-bond acceptors (Lipinski definition) is 4. The van der Waals surface area contributed by atoms with Gasteiger partial charge in [-0.3, -0.25) is 4.90 Å². The van der Waals surface area contributed by atoms with E-state index in [1.807, 2.05) is 12.1 Å². The fraction of sp³-hybridized carbons (Fsp3) is 0.682. The molecule has 0 amide bonds. The SMILES string of the molecule is CC12CCC(F)(F)CC1CC(N1CCCC(N)C1)C2Oc1ccc(C#N)cc1. The molecule has 3 fully saturated rings. The molecule has 1 aromatic carbocycles. The Morgan fingerprint density at radius 3 is 2.68 bits per heavy atom. The fourth-order valence-corrected chi connectivity index (χ4v) is 5.58. The number of benzene rings is 1. The molecule has 5 unspecified atom stereocenters. The van der Waals surface area contributed by atoms with E-state index >= 15 is 0 Å². The highest BCUT2D eigenvalue weighted by Gasteiger charge is 2.60. The largest absolute Gasteiger partial charge is 0.488 e. The van der Waals surface area contributed by atoms with Crippen LogP contribution >= 0.6 is 0 Å². The molecule has 0 radical (unpaired) electrons. The number of hydrogen-bond donors (Lipinski definition) is 1. The Balaban J connectivity index is 1.62. The molecule has 1 heterocycles. The van der Waals surface area contributed by atoms with Gasteiger partial charge in [-0.1, -0.05) is 6.92 Å². The molecule has 152 valence electrons. The fourth-order valence-electron chi connectivity index (χ4n) is 5.58. The van der Waals surface area contributed by atoms with Gasteiger partial charge in [-0.2, -0.15) is 5.26 Å². The van der Waals surface area contributed by atoms with E-state index < -0.39 is 5.92 Å². The molecule has 3 aliphatic rings. The number of nitrogens with zero attached hydrogens (tertiary/aromatic N) is 2. The molecule has 0 aromatic heterocycles. The second kappa shape index (κ2) is 7.27. The third kappa shape index (κ3) is 3.62. The summed E-state index contributed by atoms with van der Waals surface area (Å²) in [6.45, 7) is 3.88. The first kappa shape index (κ1) is 19.6. The summed E-state index contributed by atoms with van der Waals surface area (Å²) in [6.07, 6.45) is 3.00. The maximum atomic E-state index is 14.2. The lowest BCUT2D eigenvalue weighted by Crippen LogP contribution is -2.54.